The highest BCUT2D eigenvalue weighted by Gasteiger charge is 2.45. The van der Waals surface area contributed by atoms with E-state index >= 15 is 0 Å². The Labute approximate surface area is 163 Å². The van der Waals surface area contributed by atoms with E-state index in [-0.39, 0.29) is 24.2 Å². The summed E-state index contributed by atoms with van der Waals surface area (Å²) in [6.07, 6.45) is 4.78. The quantitative estimate of drug-likeness (QED) is 0.767. The molecule has 1 saturated heterocycles. The average Bonchev–Trinajstić information content (AvgIpc) is 3.02. The first-order valence-electron chi connectivity index (χ1n) is 9.61. The fraction of sp³-hybridized carbons (Fsp3) is 0.600. The van der Waals surface area contributed by atoms with Gasteiger partial charge >= 0.3 is 12.6 Å². The third-order valence-electron chi connectivity index (χ3n) is 5.82. The van der Waals surface area contributed by atoms with Crippen molar-refractivity contribution in [2.24, 2.45) is 5.92 Å². The fourth-order valence-electron chi connectivity index (χ4n) is 4.44. The van der Waals surface area contributed by atoms with Crippen molar-refractivity contribution in [2.45, 2.75) is 57.3 Å². The van der Waals surface area contributed by atoms with Crippen molar-refractivity contribution in [3.05, 3.63) is 29.8 Å². The predicted molar refractivity (Wildman–Crippen MR) is 98.0 cm³/mol. The van der Waals surface area contributed by atoms with Gasteiger partial charge in [-0.05, 0) is 42.9 Å². The number of nitrogens with zero attached hydrogens (tertiary/aromatic N) is 2. The second-order valence-corrected chi connectivity index (χ2v) is 7.65. The predicted octanol–water partition coefficient (Wildman–Crippen LogP) is 2.96. The molecule has 6 nitrogen and oxygen atoms in total. The van der Waals surface area contributed by atoms with Gasteiger partial charge in [0.1, 0.15) is 11.8 Å². The summed E-state index contributed by atoms with van der Waals surface area (Å²) >= 11 is 0. The van der Waals surface area contributed by atoms with Gasteiger partial charge < -0.3 is 14.7 Å². The van der Waals surface area contributed by atoms with Crippen LogP contribution in [0, 0.1) is 5.92 Å². The van der Waals surface area contributed by atoms with Crippen molar-refractivity contribution in [3.63, 3.8) is 0 Å². The van der Waals surface area contributed by atoms with Crippen LogP contribution in [0.25, 0.3) is 0 Å². The molecule has 1 saturated carbocycles. The third kappa shape index (κ3) is 4.79. The Morgan fingerprint density at radius 3 is 2.57 bits per heavy atom. The molecule has 0 aromatic heterocycles. The van der Waals surface area contributed by atoms with Crippen LogP contribution in [0.1, 0.15) is 37.7 Å². The zero-order chi connectivity index (χ0) is 20.3. The highest BCUT2D eigenvalue weighted by Crippen LogP contribution is 2.39. The molecule has 154 valence electrons. The summed E-state index contributed by atoms with van der Waals surface area (Å²) < 4.78 is 28.8. The SMILES string of the molecule is CN(Cc1ccc(OC(F)F)cc1)C(=O)CN1C(C(=O)O)CC2CCCCC21. The number of likely N-dealkylation sites (N-methyl/N-ethyl adjacent to an activating group) is 1. The molecule has 1 amide bonds. The zero-order valence-corrected chi connectivity index (χ0v) is 15.9. The van der Waals surface area contributed by atoms with Crippen molar-refractivity contribution in [2.75, 3.05) is 13.6 Å². The van der Waals surface area contributed by atoms with Crippen LogP contribution in [0.4, 0.5) is 8.78 Å². The minimum absolute atomic E-state index is 0.0671. The molecule has 1 aliphatic heterocycles. The van der Waals surface area contributed by atoms with E-state index in [2.05, 4.69) is 4.74 Å². The minimum Gasteiger partial charge on any atom is -0.480 e. The number of hydrogen-bond donors (Lipinski definition) is 1. The average molecular weight is 396 g/mol. The summed E-state index contributed by atoms with van der Waals surface area (Å²) in [5.74, 6) is -0.586. The Morgan fingerprint density at radius 1 is 1.25 bits per heavy atom. The van der Waals surface area contributed by atoms with Gasteiger partial charge in [-0.25, -0.2) is 0 Å². The van der Waals surface area contributed by atoms with E-state index in [9.17, 15) is 23.5 Å². The van der Waals surface area contributed by atoms with Gasteiger partial charge in [0, 0.05) is 19.6 Å². The van der Waals surface area contributed by atoms with Crippen molar-refractivity contribution in [1.82, 2.24) is 9.80 Å². The van der Waals surface area contributed by atoms with E-state index in [1.165, 1.54) is 17.0 Å². The summed E-state index contributed by atoms with van der Waals surface area (Å²) in [5, 5.41) is 9.57. The molecule has 0 bridgehead atoms. The van der Waals surface area contributed by atoms with E-state index in [0.29, 0.717) is 18.9 Å². The number of carboxylic acid groups (broad SMARTS) is 1. The molecule has 0 radical (unpaired) electrons. The number of carbonyl (C=O) groups is 2. The molecule has 3 unspecified atom stereocenters. The van der Waals surface area contributed by atoms with Crippen molar-refractivity contribution in [1.29, 1.82) is 0 Å². The van der Waals surface area contributed by atoms with Crippen LogP contribution in [0.2, 0.25) is 0 Å². The molecular weight excluding hydrogens is 370 g/mol. The molecule has 8 heteroatoms. The first kappa shape index (κ1) is 20.5. The number of rotatable bonds is 7. The standard InChI is InChI=1S/C20H26F2N2O4/c1-23(11-13-6-8-15(9-7-13)28-20(21)22)18(25)12-24-16-5-3-2-4-14(16)10-17(24)19(26)27/h6-9,14,16-17,20H,2-5,10-12H2,1H3,(H,26,27). The maximum Gasteiger partial charge on any atom is 0.387 e. The van der Waals surface area contributed by atoms with E-state index < -0.39 is 18.6 Å². The van der Waals surface area contributed by atoms with Gasteiger partial charge in [-0.2, -0.15) is 8.78 Å². The number of carboxylic acids is 1. The van der Waals surface area contributed by atoms with Crippen LogP contribution in [0.15, 0.2) is 24.3 Å². The number of hydrogen-bond acceptors (Lipinski definition) is 4. The normalized spacial score (nSPS) is 24.8. The Kier molecular flexibility index (Phi) is 6.49. The van der Waals surface area contributed by atoms with Crippen molar-refractivity contribution < 1.29 is 28.2 Å². The Hall–Kier alpha value is -2.22. The summed E-state index contributed by atoms with van der Waals surface area (Å²) in [5.41, 5.74) is 0.782. The number of halogens is 2. The van der Waals surface area contributed by atoms with Gasteiger partial charge in [0.15, 0.2) is 0 Å². The number of likely N-dealkylation sites (tertiary alicyclic amines) is 1. The van der Waals surface area contributed by atoms with Crippen LogP contribution in [-0.2, 0) is 16.1 Å². The topological polar surface area (TPSA) is 70.1 Å². The molecule has 0 spiro atoms. The number of carbonyl (C=O) groups excluding carboxylic acids is 1. The molecule has 3 atom stereocenters. The lowest BCUT2D eigenvalue weighted by Gasteiger charge is -2.33. The number of amides is 1. The molecule has 1 aromatic rings. The van der Waals surface area contributed by atoms with Crippen LogP contribution >= 0.6 is 0 Å². The van der Waals surface area contributed by atoms with E-state index in [0.717, 1.165) is 31.2 Å². The van der Waals surface area contributed by atoms with Gasteiger partial charge in [0.25, 0.3) is 0 Å². The largest absolute Gasteiger partial charge is 0.480 e. The van der Waals surface area contributed by atoms with E-state index in [1.807, 2.05) is 4.90 Å². The summed E-state index contributed by atoms with van der Waals surface area (Å²) in [7, 11) is 1.66. The smallest absolute Gasteiger partial charge is 0.387 e. The monoisotopic (exact) mass is 396 g/mol. The maximum absolute atomic E-state index is 12.7. The minimum atomic E-state index is -2.87. The van der Waals surface area contributed by atoms with Crippen LogP contribution in [0.3, 0.4) is 0 Å². The highest BCUT2D eigenvalue weighted by atomic mass is 19.3. The molecule has 2 aliphatic rings. The lowest BCUT2D eigenvalue weighted by molar-refractivity contribution is -0.144. The maximum atomic E-state index is 12.7. The molecule has 1 N–H and O–H groups in total. The first-order valence-corrected chi connectivity index (χ1v) is 9.61. The zero-order valence-electron chi connectivity index (χ0n) is 15.9. The summed E-state index contributed by atoms with van der Waals surface area (Å²) in [4.78, 5) is 27.8. The number of ether oxygens (including phenoxy) is 1. The van der Waals surface area contributed by atoms with Gasteiger partial charge in [0.05, 0.1) is 6.54 Å². The number of fused-ring (bicyclic) bond motifs is 1. The molecule has 1 aromatic carbocycles. The molecule has 1 heterocycles. The van der Waals surface area contributed by atoms with Gasteiger partial charge in [0.2, 0.25) is 5.91 Å². The van der Waals surface area contributed by atoms with Gasteiger partial charge in [-0.1, -0.05) is 25.0 Å². The molecule has 1 aliphatic carbocycles. The van der Waals surface area contributed by atoms with Crippen LogP contribution < -0.4 is 4.74 Å². The molecular formula is C20H26F2N2O4. The Bertz CT molecular complexity index is 698. The Morgan fingerprint density at radius 2 is 1.93 bits per heavy atom. The van der Waals surface area contributed by atoms with Crippen LogP contribution in [0.5, 0.6) is 5.75 Å². The molecule has 28 heavy (non-hydrogen) atoms. The summed E-state index contributed by atoms with van der Waals surface area (Å²) in [6, 6.07) is 5.71. The molecule has 3 rings (SSSR count). The summed E-state index contributed by atoms with van der Waals surface area (Å²) in [6.45, 7) is -2.48. The highest BCUT2D eigenvalue weighted by molar-refractivity contribution is 5.80. The van der Waals surface area contributed by atoms with Gasteiger partial charge in [-0.15, -0.1) is 0 Å². The van der Waals surface area contributed by atoms with Crippen LogP contribution in [-0.4, -0.2) is 59.1 Å². The number of aliphatic carboxylic acids is 1. The number of alkyl halides is 2. The third-order valence-corrected chi connectivity index (χ3v) is 5.82. The fourth-order valence-corrected chi connectivity index (χ4v) is 4.44. The lowest BCUT2D eigenvalue weighted by Crippen LogP contribution is -2.47. The second kappa shape index (κ2) is 8.86. The first-order chi connectivity index (χ1) is 13.3. The Balaban J connectivity index is 1.60. The number of benzene rings is 1. The van der Waals surface area contributed by atoms with Crippen molar-refractivity contribution >= 4 is 11.9 Å². The molecule has 2 fully saturated rings. The van der Waals surface area contributed by atoms with Gasteiger partial charge in [-0.3, -0.25) is 14.5 Å². The lowest BCUT2D eigenvalue weighted by atomic mass is 9.85. The van der Waals surface area contributed by atoms with E-state index in [1.54, 1.807) is 19.2 Å². The van der Waals surface area contributed by atoms with E-state index in [4.69, 9.17) is 0 Å². The van der Waals surface area contributed by atoms with Crippen molar-refractivity contribution in [3.8, 4) is 5.75 Å². The second-order valence-electron chi connectivity index (χ2n) is 7.65.